The minimum absolute atomic E-state index is 0.189. The lowest BCUT2D eigenvalue weighted by Gasteiger charge is -2.35. The number of halogens is 4. The zero-order chi connectivity index (χ0) is 24.6. The molecule has 3 aliphatic rings. The number of nitrogens with zero attached hydrogens (tertiary/aromatic N) is 3. The molecular weight excluding hydrogens is 468 g/mol. The number of carbonyl (C=O) groups is 1. The van der Waals surface area contributed by atoms with Crippen LogP contribution in [0.4, 0.5) is 34.8 Å². The molecule has 3 aliphatic heterocycles. The topological polar surface area (TPSA) is 66.9 Å². The van der Waals surface area contributed by atoms with E-state index in [0.29, 0.717) is 48.8 Å². The summed E-state index contributed by atoms with van der Waals surface area (Å²) < 4.78 is 64.6. The van der Waals surface area contributed by atoms with Crippen LogP contribution in [0, 0.1) is 11.7 Å². The van der Waals surface area contributed by atoms with Gasteiger partial charge in [-0.3, -0.25) is 9.69 Å². The van der Waals surface area contributed by atoms with Crippen LogP contribution in [0.25, 0.3) is 0 Å². The Balaban J connectivity index is 1.45. The van der Waals surface area contributed by atoms with E-state index in [9.17, 15) is 18.0 Å². The largest absolute Gasteiger partial charge is 0.401 e. The van der Waals surface area contributed by atoms with Gasteiger partial charge in [-0.25, -0.2) is 9.37 Å². The van der Waals surface area contributed by atoms with Gasteiger partial charge in [-0.2, -0.15) is 13.2 Å². The molecule has 0 bridgehead atoms. The van der Waals surface area contributed by atoms with E-state index in [4.69, 9.17) is 9.47 Å². The predicted octanol–water partition coefficient (Wildman–Crippen LogP) is 4.17. The molecule has 1 atom stereocenters. The van der Waals surface area contributed by atoms with Crippen molar-refractivity contribution in [2.45, 2.75) is 31.7 Å². The molecule has 7 nitrogen and oxygen atoms in total. The molecule has 35 heavy (non-hydrogen) atoms. The molecule has 2 fully saturated rings. The molecule has 11 heteroatoms. The van der Waals surface area contributed by atoms with Crippen molar-refractivity contribution in [3.05, 3.63) is 47.4 Å². The Morgan fingerprint density at radius 3 is 2.71 bits per heavy atom. The van der Waals surface area contributed by atoms with Crippen LogP contribution >= 0.6 is 0 Å². The van der Waals surface area contributed by atoms with Crippen molar-refractivity contribution in [2.24, 2.45) is 5.92 Å². The van der Waals surface area contributed by atoms with E-state index in [1.807, 2.05) is 6.07 Å². The number of pyridine rings is 1. The van der Waals surface area contributed by atoms with Crippen molar-refractivity contribution in [1.29, 1.82) is 0 Å². The average Bonchev–Trinajstić information content (AvgIpc) is 2.99. The number of aromatic nitrogens is 1. The van der Waals surface area contributed by atoms with E-state index in [1.165, 1.54) is 11.0 Å². The van der Waals surface area contributed by atoms with E-state index in [0.717, 1.165) is 5.56 Å². The van der Waals surface area contributed by atoms with Crippen LogP contribution in [0.5, 0.6) is 0 Å². The first-order valence-corrected chi connectivity index (χ1v) is 11.6. The van der Waals surface area contributed by atoms with Crippen molar-refractivity contribution in [1.82, 2.24) is 9.88 Å². The summed E-state index contributed by atoms with van der Waals surface area (Å²) in [7, 11) is 0. The second kappa shape index (κ2) is 9.71. The average molecular weight is 494 g/mol. The highest BCUT2D eigenvalue weighted by atomic mass is 19.4. The quantitative estimate of drug-likeness (QED) is 0.647. The molecule has 1 aromatic heterocycles. The van der Waals surface area contributed by atoms with Gasteiger partial charge in [-0.05, 0) is 44.1 Å². The Morgan fingerprint density at radius 1 is 1.20 bits per heavy atom. The van der Waals surface area contributed by atoms with Crippen molar-refractivity contribution in [2.75, 3.05) is 49.7 Å². The van der Waals surface area contributed by atoms with E-state index in [2.05, 4.69) is 10.3 Å². The lowest BCUT2D eigenvalue weighted by atomic mass is 9.94. The highest BCUT2D eigenvalue weighted by Gasteiger charge is 2.37. The number of ether oxygens (including phenoxy) is 2. The van der Waals surface area contributed by atoms with Crippen molar-refractivity contribution >= 4 is 23.1 Å². The Kier molecular flexibility index (Phi) is 6.65. The molecule has 2 aromatic rings. The number of alkyl halides is 3. The van der Waals surface area contributed by atoms with Crippen LogP contribution in [0.1, 0.15) is 30.1 Å². The first-order chi connectivity index (χ1) is 16.8. The monoisotopic (exact) mass is 494 g/mol. The van der Waals surface area contributed by atoms with E-state index in [-0.39, 0.29) is 32.1 Å². The third kappa shape index (κ3) is 5.26. The van der Waals surface area contributed by atoms with Gasteiger partial charge in [0.15, 0.2) is 0 Å². The summed E-state index contributed by atoms with van der Waals surface area (Å²) in [6.45, 7) is 0.588. The van der Waals surface area contributed by atoms with Crippen molar-refractivity contribution in [3.63, 3.8) is 0 Å². The molecule has 0 saturated carbocycles. The number of likely N-dealkylation sites (tertiary alicyclic amines) is 1. The van der Waals surface area contributed by atoms with Gasteiger partial charge < -0.3 is 19.7 Å². The Bertz CT molecular complexity index is 1080. The van der Waals surface area contributed by atoms with Gasteiger partial charge in [-0.15, -0.1) is 0 Å². The molecule has 5 rings (SSSR count). The number of benzene rings is 1. The summed E-state index contributed by atoms with van der Waals surface area (Å²) in [6.07, 6.45) is -2.62. The number of fused-ring (bicyclic) bond motifs is 2. The number of rotatable bonds is 3. The summed E-state index contributed by atoms with van der Waals surface area (Å²) >= 11 is 0. The van der Waals surface area contributed by atoms with Crippen molar-refractivity contribution < 1.29 is 31.8 Å². The minimum Gasteiger partial charge on any atom is -0.376 e. The summed E-state index contributed by atoms with van der Waals surface area (Å²) in [4.78, 5) is 21.0. The van der Waals surface area contributed by atoms with Crippen LogP contribution in [0.15, 0.2) is 30.5 Å². The van der Waals surface area contributed by atoms with Gasteiger partial charge in [0.1, 0.15) is 17.7 Å². The molecule has 2 saturated heterocycles. The normalized spacial score (nSPS) is 21.6. The number of anilines is 3. The summed E-state index contributed by atoms with van der Waals surface area (Å²) in [5, 5.41) is 3.14. The molecular formula is C24H26F4N4O3. The molecule has 1 aromatic carbocycles. The Morgan fingerprint density at radius 2 is 2.00 bits per heavy atom. The summed E-state index contributed by atoms with van der Waals surface area (Å²) in [5.41, 5.74) is 1.92. The molecule has 4 heterocycles. The fourth-order valence-corrected chi connectivity index (χ4v) is 4.89. The van der Waals surface area contributed by atoms with Gasteiger partial charge in [0, 0.05) is 23.2 Å². The van der Waals surface area contributed by atoms with Crippen molar-refractivity contribution in [3.8, 4) is 0 Å². The number of carbonyl (C=O) groups excluding carboxylic acids is 1. The summed E-state index contributed by atoms with van der Waals surface area (Å²) in [5.74, 6) is -0.601. The second-order valence-electron chi connectivity index (χ2n) is 9.05. The van der Waals surface area contributed by atoms with Gasteiger partial charge in [0.2, 0.25) is 5.91 Å². The second-order valence-corrected chi connectivity index (χ2v) is 9.05. The molecule has 1 amide bonds. The first-order valence-electron chi connectivity index (χ1n) is 11.6. The fourth-order valence-electron chi connectivity index (χ4n) is 4.89. The zero-order valence-corrected chi connectivity index (χ0v) is 19.0. The van der Waals surface area contributed by atoms with Gasteiger partial charge in [-0.1, -0.05) is 6.07 Å². The van der Waals surface area contributed by atoms with Crippen LogP contribution in [0.3, 0.4) is 0 Å². The highest BCUT2D eigenvalue weighted by Crippen LogP contribution is 2.40. The summed E-state index contributed by atoms with van der Waals surface area (Å²) in [6, 6.07) is 6.54. The molecule has 0 aliphatic carbocycles. The van der Waals surface area contributed by atoms with E-state index >= 15 is 4.39 Å². The molecule has 188 valence electrons. The maximum absolute atomic E-state index is 15.1. The molecule has 0 spiro atoms. The SMILES string of the molecule is O=C(C1CCN(CC(F)(F)F)CC1)N1Cc2cccnc2Nc2cc(F)c([C@@H]3COCCO3)cc21. The molecule has 1 N–H and O–H groups in total. The number of piperidine rings is 1. The van der Waals surface area contributed by atoms with Crippen LogP contribution in [0.2, 0.25) is 0 Å². The van der Waals surface area contributed by atoms with Crippen LogP contribution in [-0.2, 0) is 20.8 Å². The maximum Gasteiger partial charge on any atom is 0.401 e. The number of hydrogen-bond acceptors (Lipinski definition) is 6. The molecule has 0 unspecified atom stereocenters. The lowest BCUT2D eigenvalue weighted by molar-refractivity contribution is -0.149. The molecule has 0 radical (unpaired) electrons. The maximum atomic E-state index is 15.1. The van der Waals surface area contributed by atoms with Crippen LogP contribution in [-0.4, -0.2) is 61.4 Å². The van der Waals surface area contributed by atoms with E-state index in [1.54, 1.807) is 23.2 Å². The Hall–Kier alpha value is -2.76. The third-order valence-corrected chi connectivity index (χ3v) is 6.65. The van der Waals surface area contributed by atoms with E-state index < -0.39 is 30.6 Å². The Labute approximate surface area is 200 Å². The zero-order valence-electron chi connectivity index (χ0n) is 19.0. The number of amides is 1. The van der Waals surface area contributed by atoms with Crippen LogP contribution < -0.4 is 10.2 Å². The lowest BCUT2D eigenvalue weighted by Crippen LogP contribution is -2.45. The number of nitrogens with one attached hydrogen (secondary N) is 1. The highest BCUT2D eigenvalue weighted by molar-refractivity contribution is 5.99. The third-order valence-electron chi connectivity index (χ3n) is 6.65. The standard InChI is InChI=1S/C24H26F4N4O3/c25-18-11-19-20(10-17(18)21-13-34-8-9-35-21)32(12-16-2-1-5-29-22(16)30-19)23(33)15-3-6-31(7-4-15)14-24(26,27)28/h1-2,5,10-11,15,21H,3-4,6-9,12-14H2,(H,29,30)/t21-/m0/s1. The fraction of sp³-hybridized carbons (Fsp3) is 0.500. The van der Waals surface area contributed by atoms with Gasteiger partial charge in [0.25, 0.3) is 0 Å². The number of hydrogen-bond donors (Lipinski definition) is 1. The predicted molar refractivity (Wildman–Crippen MR) is 120 cm³/mol. The minimum atomic E-state index is -4.27. The first kappa shape index (κ1) is 24.0. The smallest absolute Gasteiger partial charge is 0.376 e. The van der Waals surface area contributed by atoms with Gasteiger partial charge in [0.05, 0.1) is 44.3 Å². The van der Waals surface area contributed by atoms with Gasteiger partial charge >= 0.3 is 6.18 Å².